The van der Waals surface area contributed by atoms with E-state index in [1.807, 2.05) is 13.2 Å². The Hall–Kier alpha value is -1.20. The maximum Gasteiger partial charge on any atom is 0.144 e. The van der Waals surface area contributed by atoms with Gasteiger partial charge in [0.1, 0.15) is 5.82 Å². The van der Waals surface area contributed by atoms with Crippen LogP contribution >= 0.6 is 0 Å². The van der Waals surface area contributed by atoms with Crippen LogP contribution in [0.5, 0.6) is 0 Å². The van der Waals surface area contributed by atoms with E-state index in [1.54, 1.807) is 6.20 Å². The van der Waals surface area contributed by atoms with E-state index in [-0.39, 0.29) is 0 Å². The molecule has 0 aromatic carbocycles. The molecule has 1 aromatic rings. The van der Waals surface area contributed by atoms with Crippen LogP contribution in [0.25, 0.3) is 0 Å². The van der Waals surface area contributed by atoms with Crippen molar-refractivity contribution in [2.45, 2.75) is 44.2 Å². The molecule has 2 aliphatic rings. The molecule has 0 spiro atoms. The SMILES string of the molecule is CNc1cnc(CN2CCC3(O)CCCCC3C2)cn1. The molecule has 2 fully saturated rings. The van der Waals surface area contributed by atoms with E-state index >= 15 is 0 Å². The van der Waals surface area contributed by atoms with E-state index in [4.69, 9.17) is 0 Å². The van der Waals surface area contributed by atoms with Gasteiger partial charge in [-0.1, -0.05) is 12.8 Å². The van der Waals surface area contributed by atoms with Gasteiger partial charge in [-0.05, 0) is 19.3 Å². The highest BCUT2D eigenvalue weighted by Crippen LogP contribution is 2.39. The van der Waals surface area contributed by atoms with Crippen LogP contribution in [0, 0.1) is 5.92 Å². The molecular formula is C15H24N4O. The van der Waals surface area contributed by atoms with Gasteiger partial charge in [0.2, 0.25) is 0 Å². The zero-order valence-corrected chi connectivity index (χ0v) is 12.2. The molecule has 1 aromatic heterocycles. The number of hydrogen-bond donors (Lipinski definition) is 2. The third kappa shape index (κ3) is 2.79. The summed E-state index contributed by atoms with van der Waals surface area (Å²) >= 11 is 0. The highest BCUT2D eigenvalue weighted by molar-refractivity contribution is 5.29. The first-order valence-electron chi connectivity index (χ1n) is 7.63. The van der Waals surface area contributed by atoms with Gasteiger partial charge in [-0.25, -0.2) is 4.98 Å². The highest BCUT2D eigenvalue weighted by Gasteiger charge is 2.42. The van der Waals surface area contributed by atoms with Crippen LogP contribution in [-0.2, 0) is 6.54 Å². The standard InChI is InChI=1S/C15H24N4O/c1-16-14-9-17-13(8-18-14)11-19-7-6-15(20)5-3-2-4-12(15)10-19/h8-9,12,20H,2-7,10-11H2,1H3,(H,16,18). The topological polar surface area (TPSA) is 61.3 Å². The van der Waals surface area contributed by atoms with Crippen LogP contribution in [0.2, 0.25) is 0 Å². The Morgan fingerprint density at radius 2 is 2.25 bits per heavy atom. The van der Waals surface area contributed by atoms with Crippen molar-refractivity contribution in [3.63, 3.8) is 0 Å². The van der Waals surface area contributed by atoms with Crippen molar-refractivity contribution in [3.8, 4) is 0 Å². The first-order chi connectivity index (χ1) is 9.69. The summed E-state index contributed by atoms with van der Waals surface area (Å²) in [5.74, 6) is 1.24. The summed E-state index contributed by atoms with van der Waals surface area (Å²) in [7, 11) is 1.85. The van der Waals surface area contributed by atoms with Crippen molar-refractivity contribution in [2.24, 2.45) is 5.92 Å². The minimum Gasteiger partial charge on any atom is -0.390 e. The highest BCUT2D eigenvalue weighted by atomic mass is 16.3. The minimum absolute atomic E-state index is 0.392. The van der Waals surface area contributed by atoms with Crippen molar-refractivity contribution >= 4 is 5.82 Å². The van der Waals surface area contributed by atoms with Crippen molar-refractivity contribution in [1.29, 1.82) is 0 Å². The summed E-state index contributed by atoms with van der Waals surface area (Å²) in [6, 6.07) is 0. The average Bonchev–Trinajstić information content (AvgIpc) is 2.48. The lowest BCUT2D eigenvalue weighted by atomic mass is 9.71. The molecule has 0 bridgehead atoms. The predicted octanol–water partition coefficient (Wildman–Crippen LogP) is 1.65. The molecule has 1 aliphatic carbocycles. The number of piperidine rings is 1. The number of aromatic nitrogens is 2. The molecule has 3 rings (SSSR count). The van der Waals surface area contributed by atoms with E-state index in [0.717, 1.165) is 50.4 Å². The molecular weight excluding hydrogens is 252 g/mol. The van der Waals surface area contributed by atoms with Crippen LogP contribution < -0.4 is 5.32 Å². The second kappa shape index (κ2) is 5.66. The van der Waals surface area contributed by atoms with E-state index < -0.39 is 5.60 Å². The minimum atomic E-state index is -0.392. The zero-order valence-electron chi connectivity index (χ0n) is 12.2. The van der Waals surface area contributed by atoms with Gasteiger partial charge in [0.25, 0.3) is 0 Å². The lowest BCUT2D eigenvalue weighted by Gasteiger charge is -2.47. The van der Waals surface area contributed by atoms with Crippen LogP contribution in [0.15, 0.2) is 12.4 Å². The maximum absolute atomic E-state index is 10.7. The van der Waals surface area contributed by atoms with E-state index in [0.29, 0.717) is 5.92 Å². The first kappa shape index (κ1) is 13.8. The monoisotopic (exact) mass is 276 g/mol. The van der Waals surface area contributed by atoms with Gasteiger partial charge in [-0.3, -0.25) is 9.88 Å². The van der Waals surface area contributed by atoms with Crippen molar-refractivity contribution in [2.75, 3.05) is 25.5 Å². The normalized spacial score (nSPS) is 30.8. The van der Waals surface area contributed by atoms with Crippen LogP contribution in [0.3, 0.4) is 0 Å². The Balaban J connectivity index is 1.61. The second-order valence-electron chi connectivity index (χ2n) is 6.17. The van der Waals surface area contributed by atoms with Crippen molar-refractivity contribution in [1.82, 2.24) is 14.9 Å². The lowest BCUT2D eigenvalue weighted by Crippen LogP contribution is -2.53. The summed E-state index contributed by atoms with van der Waals surface area (Å²) in [5, 5.41) is 13.7. The Bertz CT molecular complexity index is 450. The molecule has 1 aliphatic heterocycles. The van der Waals surface area contributed by atoms with E-state index in [2.05, 4.69) is 20.2 Å². The van der Waals surface area contributed by atoms with Crippen molar-refractivity contribution in [3.05, 3.63) is 18.1 Å². The molecule has 2 N–H and O–H groups in total. The molecule has 1 saturated carbocycles. The summed E-state index contributed by atoms with van der Waals surface area (Å²) in [6.45, 7) is 2.79. The Kier molecular flexibility index (Phi) is 3.89. The maximum atomic E-state index is 10.7. The number of likely N-dealkylation sites (tertiary alicyclic amines) is 1. The molecule has 20 heavy (non-hydrogen) atoms. The molecule has 0 radical (unpaired) electrons. The predicted molar refractivity (Wildman–Crippen MR) is 78.4 cm³/mol. The number of rotatable bonds is 3. The van der Waals surface area contributed by atoms with Crippen LogP contribution in [-0.4, -0.2) is 45.7 Å². The number of nitrogens with one attached hydrogen (secondary N) is 1. The first-order valence-corrected chi connectivity index (χ1v) is 7.63. The van der Waals surface area contributed by atoms with Gasteiger partial charge in [-0.2, -0.15) is 0 Å². The largest absolute Gasteiger partial charge is 0.390 e. The zero-order chi connectivity index (χ0) is 14.0. The quantitative estimate of drug-likeness (QED) is 0.879. The molecule has 2 unspecified atom stereocenters. The fraction of sp³-hybridized carbons (Fsp3) is 0.733. The number of anilines is 1. The van der Waals surface area contributed by atoms with Crippen molar-refractivity contribution < 1.29 is 5.11 Å². The number of aliphatic hydroxyl groups is 1. The summed E-state index contributed by atoms with van der Waals surface area (Å²) in [6.07, 6.45) is 9.12. The Morgan fingerprint density at radius 1 is 1.35 bits per heavy atom. The molecule has 1 saturated heterocycles. The Labute approximate surface area is 120 Å². The summed E-state index contributed by atoms with van der Waals surface area (Å²) in [4.78, 5) is 11.2. The van der Waals surface area contributed by atoms with E-state index in [1.165, 1.54) is 12.8 Å². The van der Waals surface area contributed by atoms with Crippen LogP contribution in [0.4, 0.5) is 5.82 Å². The smallest absolute Gasteiger partial charge is 0.144 e. The molecule has 2 atom stereocenters. The molecule has 5 nitrogen and oxygen atoms in total. The molecule has 0 amide bonds. The Morgan fingerprint density at radius 3 is 3.00 bits per heavy atom. The number of nitrogens with zero attached hydrogens (tertiary/aromatic N) is 3. The van der Waals surface area contributed by atoms with Gasteiger partial charge < -0.3 is 10.4 Å². The summed E-state index contributed by atoms with van der Waals surface area (Å²) in [5.41, 5.74) is 0.612. The van der Waals surface area contributed by atoms with Gasteiger partial charge >= 0.3 is 0 Å². The number of hydrogen-bond acceptors (Lipinski definition) is 5. The fourth-order valence-electron chi connectivity index (χ4n) is 3.58. The summed E-state index contributed by atoms with van der Waals surface area (Å²) < 4.78 is 0. The molecule has 5 heteroatoms. The van der Waals surface area contributed by atoms with Gasteiger partial charge in [0.15, 0.2) is 0 Å². The third-order valence-electron chi connectivity index (χ3n) is 4.86. The average molecular weight is 276 g/mol. The van der Waals surface area contributed by atoms with Gasteiger partial charge in [0, 0.05) is 32.6 Å². The van der Waals surface area contributed by atoms with Crippen LogP contribution in [0.1, 0.15) is 37.8 Å². The third-order valence-corrected chi connectivity index (χ3v) is 4.86. The fourth-order valence-corrected chi connectivity index (χ4v) is 3.58. The lowest BCUT2D eigenvalue weighted by molar-refractivity contribution is -0.0969. The molecule has 2 heterocycles. The molecule has 110 valence electrons. The number of fused-ring (bicyclic) bond motifs is 1. The van der Waals surface area contributed by atoms with Gasteiger partial charge in [0.05, 0.1) is 23.7 Å². The van der Waals surface area contributed by atoms with E-state index in [9.17, 15) is 5.11 Å². The second-order valence-corrected chi connectivity index (χ2v) is 6.17. The van der Waals surface area contributed by atoms with Gasteiger partial charge in [-0.15, -0.1) is 0 Å².